The first kappa shape index (κ1) is 16.9. The highest BCUT2D eigenvalue weighted by molar-refractivity contribution is 7.80. The van der Waals surface area contributed by atoms with E-state index in [1.165, 1.54) is 10.7 Å². The second-order valence-electron chi connectivity index (χ2n) is 5.71. The van der Waals surface area contributed by atoms with Crippen LogP contribution in [0.1, 0.15) is 11.1 Å². The molecule has 0 atom stereocenters. The van der Waals surface area contributed by atoms with Crippen molar-refractivity contribution in [2.75, 3.05) is 0 Å². The molecule has 2 aromatic heterocycles. The Labute approximate surface area is 159 Å². The number of halogens is 1. The molecule has 0 radical (unpaired) electrons. The molecular weight excluding hydrogens is 365 g/mol. The zero-order chi connectivity index (χ0) is 18.8. The van der Waals surface area contributed by atoms with E-state index in [1.54, 1.807) is 41.2 Å². The average Bonchev–Trinajstić information content (AvgIpc) is 3.29. The minimum absolute atomic E-state index is 0.292. The molecule has 0 aliphatic rings. The molecule has 2 heterocycles. The topological polar surface area (TPSA) is 85.2 Å². The first-order valence-electron chi connectivity index (χ1n) is 7.95. The normalized spacial score (nSPS) is 10.7. The van der Waals surface area contributed by atoms with Crippen molar-refractivity contribution in [1.82, 2.24) is 30.0 Å². The molecule has 0 aliphatic carbocycles. The molecule has 0 fully saturated rings. The van der Waals surface area contributed by atoms with Gasteiger partial charge in [0.25, 0.3) is 0 Å². The van der Waals surface area contributed by atoms with Crippen LogP contribution in [0, 0.1) is 17.1 Å². The van der Waals surface area contributed by atoms with Gasteiger partial charge in [0.2, 0.25) is 0 Å². The molecule has 0 saturated heterocycles. The molecule has 0 bridgehead atoms. The van der Waals surface area contributed by atoms with Gasteiger partial charge in [-0.1, -0.05) is 24.3 Å². The van der Waals surface area contributed by atoms with Crippen molar-refractivity contribution in [2.45, 2.75) is 11.6 Å². The maximum atomic E-state index is 14.1. The van der Waals surface area contributed by atoms with E-state index in [9.17, 15) is 4.39 Å². The minimum Gasteiger partial charge on any atom is -0.224 e. The number of hydrogen-bond donors (Lipinski definition) is 1. The van der Waals surface area contributed by atoms with Crippen molar-refractivity contribution in [3.8, 4) is 23.1 Å². The summed E-state index contributed by atoms with van der Waals surface area (Å²) >= 11 is 4.50. The van der Waals surface area contributed by atoms with Gasteiger partial charge in [0, 0.05) is 0 Å². The van der Waals surface area contributed by atoms with Crippen molar-refractivity contribution >= 4 is 12.6 Å². The Bertz CT molecular complexity index is 1140. The van der Waals surface area contributed by atoms with E-state index in [-0.39, 0.29) is 0 Å². The SMILES string of the molecule is N#Cc1ccc(Cn2nnnc2-c2cnn(-c3ccccc3F)c2S)cc1. The van der Waals surface area contributed by atoms with Crippen LogP contribution >= 0.6 is 12.6 Å². The molecule has 132 valence electrons. The van der Waals surface area contributed by atoms with Crippen LogP contribution in [0.2, 0.25) is 0 Å². The largest absolute Gasteiger partial charge is 0.224 e. The zero-order valence-electron chi connectivity index (χ0n) is 13.9. The van der Waals surface area contributed by atoms with Crippen molar-refractivity contribution in [3.05, 3.63) is 71.7 Å². The van der Waals surface area contributed by atoms with Crippen LogP contribution in [0.15, 0.2) is 59.8 Å². The third kappa shape index (κ3) is 3.18. The van der Waals surface area contributed by atoms with Gasteiger partial charge in [0.15, 0.2) is 5.82 Å². The second-order valence-corrected chi connectivity index (χ2v) is 6.14. The molecule has 4 rings (SSSR count). The lowest BCUT2D eigenvalue weighted by atomic mass is 10.1. The summed E-state index contributed by atoms with van der Waals surface area (Å²) in [6.07, 6.45) is 1.55. The van der Waals surface area contributed by atoms with Crippen LogP contribution in [0.5, 0.6) is 0 Å². The zero-order valence-corrected chi connectivity index (χ0v) is 14.8. The number of aromatic nitrogens is 6. The number of tetrazole rings is 1. The van der Waals surface area contributed by atoms with Gasteiger partial charge in [-0.2, -0.15) is 10.4 Å². The third-order valence-corrected chi connectivity index (χ3v) is 4.44. The summed E-state index contributed by atoms with van der Waals surface area (Å²) in [6.45, 7) is 0.409. The van der Waals surface area contributed by atoms with Crippen molar-refractivity contribution in [2.24, 2.45) is 0 Å². The first-order chi connectivity index (χ1) is 13.2. The Morgan fingerprint density at radius 2 is 1.89 bits per heavy atom. The van der Waals surface area contributed by atoms with Crippen LogP contribution < -0.4 is 0 Å². The van der Waals surface area contributed by atoms with E-state index in [4.69, 9.17) is 5.26 Å². The number of nitrogens with zero attached hydrogens (tertiary/aromatic N) is 7. The van der Waals surface area contributed by atoms with Crippen LogP contribution in [0.25, 0.3) is 17.1 Å². The van der Waals surface area contributed by atoms with Gasteiger partial charge in [-0.25, -0.2) is 13.8 Å². The van der Waals surface area contributed by atoms with Crippen LogP contribution in [-0.2, 0) is 6.54 Å². The fourth-order valence-electron chi connectivity index (χ4n) is 2.66. The highest BCUT2D eigenvalue weighted by Gasteiger charge is 2.18. The van der Waals surface area contributed by atoms with Gasteiger partial charge in [0.1, 0.15) is 16.5 Å². The first-order valence-corrected chi connectivity index (χ1v) is 8.39. The summed E-state index contributed by atoms with van der Waals surface area (Å²) in [5.41, 5.74) is 2.39. The molecule has 4 aromatic rings. The Morgan fingerprint density at radius 1 is 1.11 bits per heavy atom. The van der Waals surface area contributed by atoms with Crippen molar-refractivity contribution in [1.29, 1.82) is 5.26 Å². The van der Waals surface area contributed by atoms with E-state index in [0.29, 0.717) is 34.2 Å². The van der Waals surface area contributed by atoms with E-state index >= 15 is 0 Å². The molecule has 7 nitrogen and oxygen atoms in total. The summed E-state index contributed by atoms with van der Waals surface area (Å²) in [5, 5.41) is 25.4. The molecule has 2 aromatic carbocycles. The highest BCUT2D eigenvalue weighted by atomic mass is 32.1. The van der Waals surface area contributed by atoms with E-state index in [0.717, 1.165) is 5.56 Å². The lowest BCUT2D eigenvalue weighted by molar-refractivity contribution is 0.604. The Hall–Kier alpha value is -3.51. The van der Waals surface area contributed by atoms with Gasteiger partial charge in [-0.15, -0.1) is 17.7 Å². The Balaban J connectivity index is 1.69. The monoisotopic (exact) mass is 377 g/mol. The summed E-state index contributed by atoms with van der Waals surface area (Å²) < 4.78 is 17.1. The van der Waals surface area contributed by atoms with Crippen LogP contribution in [0.3, 0.4) is 0 Å². The molecule has 0 N–H and O–H groups in total. The molecule has 0 amide bonds. The smallest absolute Gasteiger partial charge is 0.186 e. The third-order valence-electron chi connectivity index (χ3n) is 4.01. The van der Waals surface area contributed by atoms with Gasteiger partial charge >= 0.3 is 0 Å². The minimum atomic E-state index is -0.403. The van der Waals surface area contributed by atoms with Gasteiger partial charge < -0.3 is 0 Å². The highest BCUT2D eigenvalue weighted by Crippen LogP contribution is 2.27. The van der Waals surface area contributed by atoms with Gasteiger partial charge in [0.05, 0.1) is 29.9 Å². The summed E-state index contributed by atoms with van der Waals surface area (Å²) in [5.74, 6) is 0.0616. The van der Waals surface area contributed by atoms with Gasteiger partial charge in [-0.05, 0) is 40.3 Å². The van der Waals surface area contributed by atoms with Crippen LogP contribution in [0.4, 0.5) is 4.39 Å². The van der Waals surface area contributed by atoms with Gasteiger partial charge in [-0.3, -0.25) is 0 Å². The van der Waals surface area contributed by atoms with Crippen LogP contribution in [-0.4, -0.2) is 30.0 Å². The molecule has 27 heavy (non-hydrogen) atoms. The van der Waals surface area contributed by atoms with E-state index in [1.807, 2.05) is 12.1 Å². The number of nitriles is 1. The molecule has 0 unspecified atom stereocenters. The quantitative estimate of drug-likeness (QED) is 0.553. The lowest BCUT2D eigenvalue weighted by Crippen LogP contribution is -2.05. The van der Waals surface area contributed by atoms with E-state index < -0.39 is 5.82 Å². The maximum absolute atomic E-state index is 14.1. The lowest BCUT2D eigenvalue weighted by Gasteiger charge is -2.07. The molecular formula is C18H12FN7S. The number of hydrogen-bond acceptors (Lipinski definition) is 6. The number of thiol groups is 1. The predicted molar refractivity (Wildman–Crippen MR) is 97.8 cm³/mol. The second kappa shape index (κ2) is 7.01. The number of para-hydroxylation sites is 1. The standard InChI is InChI=1S/C18H12FN7S/c19-15-3-1-2-4-16(15)26-18(27)14(10-21-26)17-22-23-24-25(17)11-13-7-5-12(9-20)6-8-13/h1-8,10,27H,11H2. The molecule has 0 spiro atoms. The Morgan fingerprint density at radius 3 is 2.63 bits per heavy atom. The summed E-state index contributed by atoms with van der Waals surface area (Å²) in [7, 11) is 0. The molecule has 9 heteroatoms. The average molecular weight is 377 g/mol. The Kier molecular flexibility index (Phi) is 4.40. The molecule has 0 aliphatic heterocycles. The fourth-order valence-corrected chi connectivity index (χ4v) is 2.98. The molecule has 0 saturated carbocycles. The van der Waals surface area contributed by atoms with Crippen molar-refractivity contribution in [3.63, 3.8) is 0 Å². The predicted octanol–water partition coefficient (Wildman–Crippen LogP) is 2.87. The van der Waals surface area contributed by atoms with Crippen molar-refractivity contribution < 1.29 is 4.39 Å². The van der Waals surface area contributed by atoms with E-state index in [2.05, 4.69) is 39.3 Å². The number of rotatable bonds is 4. The fraction of sp³-hybridized carbons (Fsp3) is 0.0556. The summed E-state index contributed by atoms with van der Waals surface area (Å²) in [4.78, 5) is 0. The maximum Gasteiger partial charge on any atom is 0.186 e. The number of benzene rings is 2. The summed E-state index contributed by atoms with van der Waals surface area (Å²) in [6, 6.07) is 15.5.